The molecular formula is C21H19ClN2OS. The summed E-state index contributed by atoms with van der Waals surface area (Å²) in [5.41, 5.74) is 3.19. The van der Waals surface area contributed by atoms with E-state index in [-0.39, 0.29) is 11.9 Å². The van der Waals surface area contributed by atoms with Gasteiger partial charge in [-0.25, -0.2) is 0 Å². The second kappa shape index (κ2) is 7.62. The maximum atomic E-state index is 12.7. The molecule has 2 aromatic carbocycles. The third-order valence-electron chi connectivity index (χ3n) is 4.68. The highest BCUT2D eigenvalue weighted by atomic mass is 35.5. The lowest BCUT2D eigenvalue weighted by atomic mass is 9.93. The van der Waals surface area contributed by atoms with E-state index in [2.05, 4.69) is 45.9 Å². The monoisotopic (exact) mass is 382 g/mol. The molecule has 26 heavy (non-hydrogen) atoms. The van der Waals surface area contributed by atoms with Crippen molar-refractivity contribution in [3.05, 3.63) is 87.1 Å². The first-order valence-electron chi connectivity index (χ1n) is 8.62. The Balaban J connectivity index is 1.57. The minimum Gasteiger partial charge on any atom is -0.324 e. The summed E-state index contributed by atoms with van der Waals surface area (Å²) in [6.45, 7) is 1.20. The first-order valence-corrected chi connectivity index (χ1v) is 9.88. The lowest BCUT2D eigenvalue weighted by molar-refractivity contribution is -0.117. The van der Waals surface area contributed by atoms with E-state index in [0.717, 1.165) is 13.0 Å². The molecule has 0 saturated carbocycles. The van der Waals surface area contributed by atoms with Crippen molar-refractivity contribution >= 4 is 34.5 Å². The van der Waals surface area contributed by atoms with Crippen LogP contribution in [0.5, 0.6) is 0 Å². The largest absolute Gasteiger partial charge is 0.324 e. The molecule has 1 N–H and O–H groups in total. The number of nitrogens with one attached hydrogen (secondary N) is 1. The number of hydrogen-bond donors (Lipinski definition) is 1. The number of carbonyl (C=O) groups is 1. The average molecular weight is 383 g/mol. The highest BCUT2D eigenvalue weighted by molar-refractivity contribution is 7.10. The Morgan fingerprint density at radius 1 is 1.12 bits per heavy atom. The Labute approximate surface area is 162 Å². The van der Waals surface area contributed by atoms with Crippen molar-refractivity contribution in [3.63, 3.8) is 0 Å². The van der Waals surface area contributed by atoms with Crippen LogP contribution in [0.4, 0.5) is 5.69 Å². The van der Waals surface area contributed by atoms with Crippen molar-refractivity contribution in [2.45, 2.75) is 12.5 Å². The highest BCUT2D eigenvalue weighted by Crippen LogP contribution is 2.37. The first-order chi connectivity index (χ1) is 12.7. The molecule has 3 nitrogen and oxygen atoms in total. The van der Waals surface area contributed by atoms with E-state index in [0.29, 0.717) is 17.3 Å². The van der Waals surface area contributed by atoms with Gasteiger partial charge in [0.25, 0.3) is 0 Å². The van der Waals surface area contributed by atoms with E-state index in [1.165, 1.54) is 16.0 Å². The highest BCUT2D eigenvalue weighted by Gasteiger charge is 2.30. The van der Waals surface area contributed by atoms with Crippen LogP contribution >= 0.6 is 22.9 Å². The number of fused-ring (bicyclic) bond motifs is 1. The van der Waals surface area contributed by atoms with Crippen molar-refractivity contribution in [1.82, 2.24) is 4.90 Å². The summed E-state index contributed by atoms with van der Waals surface area (Å²) in [5.74, 6) is -0.0438. The Bertz CT molecular complexity index is 909. The zero-order valence-electron chi connectivity index (χ0n) is 14.2. The van der Waals surface area contributed by atoms with Gasteiger partial charge in [-0.2, -0.15) is 0 Å². The molecule has 1 aromatic heterocycles. The van der Waals surface area contributed by atoms with Crippen molar-refractivity contribution < 1.29 is 4.79 Å². The molecule has 1 amide bonds. The quantitative estimate of drug-likeness (QED) is 0.689. The lowest BCUT2D eigenvalue weighted by Crippen LogP contribution is -2.40. The van der Waals surface area contributed by atoms with Gasteiger partial charge in [-0.05, 0) is 41.1 Å². The fourth-order valence-electron chi connectivity index (χ4n) is 3.50. The molecule has 0 unspecified atom stereocenters. The fraction of sp³-hybridized carbons (Fsp3) is 0.190. The number of benzene rings is 2. The third kappa shape index (κ3) is 3.54. The van der Waals surface area contributed by atoms with Crippen molar-refractivity contribution in [2.75, 3.05) is 18.4 Å². The van der Waals surface area contributed by atoms with Crippen LogP contribution in [0, 0.1) is 0 Å². The zero-order valence-corrected chi connectivity index (χ0v) is 15.8. The van der Waals surface area contributed by atoms with Crippen LogP contribution in [0.3, 0.4) is 0 Å². The zero-order chi connectivity index (χ0) is 17.9. The number of amides is 1. The predicted octanol–water partition coefficient (Wildman–Crippen LogP) is 4.99. The summed E-state index contributed by atoms with van der Waals surface area (Å²) in [7, 11) is 0. The fourth-order valence-corrected chi connectivity index (χ4v) is 4.59. The Kier molecular flexibility index (Phi) is 5.07. The van der Waals surface area contributed by atoms with E-state index in [1.54, 1.807) is 17.4 Å². The minimum absolute atomic E-state index is 0.0438. The second-order valence-electron chi connectivity index (χ2n) is 6.36. The van der Waals surface area contributed by atoms with Crippen LogP contribution in [0.15, 0.2) is 66.0 Å². The standard InChI is InChI=1S/C21H19ClN2OS/c22-17-8-4-5-9-18(17)23-20(25)14-24-12-10-19-16(11-13-26-19)21(24)15-6-2-1-3-7-15/h1-9,11,13,21H,10,12,14H2,(H,23,25)/t21-/m0/s1. The van der Waals surface area contributed by atoms with Gasteiger partial charge in [0.05, 0.1) is 23.3 Å². The Morgan fingerprint density at radius 3 is 2.69 bits per heavy atom. The topological polar surface area (TPSA) is 32.3 Å². The predicted molar refractivity (Wildman–Crippen MR) is 108 cm³/mol. The van der Waals surface area contributed by atoms with E-state index < -0.39 is 0 Å². The van der Waals surface area contributed by atoms with Crippen LogP contribution in [0.2, 0.25) is 5.02 Å². The normalized spacial score (nSPS) is 16.9. The molecule has 0 radical (unpaired) electrons. The number of halogens is 1. The molecule has 1 aliphatic rings. The van der Waals surface area contributed by atoms with Gasteiger partial charge < -0.3 is 5.32 Å². The van der Waals surface area contributed by atoms with Crippen molar-refractivity contribution in [2.24, 2.45) is 0 Å². The van der Waals surface area contributed by atoms with Crippen LogP contribution in [0.1, 0.15) is 22.0 Å². The summed E-state index contributed by atoms with van der Waals surface area (Å²) >= 11 is 7.97. The summed E-state index contributed by atoms with van der Waals surface area (Å²) in [5, 5.41) is 5.64. The summed E-state index contributed by atoms with van der Waals surface area (Å²) < 4.78 is 0. The Hall–Kier alpha value is -2.14. The van der Waals surface area contributed by atoms with Gasteiger partial charge in [-0.3, -0.25) is 9.69 Å². The number of rotatable bonds is 4. The number of nitrogens with zero attached hydrogens (tertiary/aromatic N) is 1. The molecule has 3 aromatic rings. The van der Waals surface area contributed by atoms with E-state index in [1.807, 2.05) is 24.3 Å². The average Bonchev–Trinajstić information content (AvgIpc) is 3.13. The molecule has 1 atom stereocenters. The second-order valence-corrected chi connectivity index (χ2v) is 7.77. The number of carbonyl (C=O) groups excluding carboxylic acids is 1. The van der Waals surface area contributed by atoms with Crippen LogP contribution in [-0.2, 0) is 11.2 Å². The third-order valence-corrected chi connectivity index (χ3v) is 6.00. The number of para-hydroxylation sites is 1. The van der Waals surface area contributed by atoms with E-state index in [4.69, 9.17) is 11.6 Å². The molecule has 2 heterocycles. The molecule has 0 aliphatic carbocycles. The van der Waals surface area contributed by atoms with Gasteiger partial charge in [0.1, 0.15) is 0 Å². The molecule has 0 bridgehead atoms. The minimum atomic E-state index is -0.0438. The van der Waals surface area contributed by atoms with Crippen molar-refractivity contribution in [3.8, 4) is 0 Å². The lowest BCUT2D eigenvalue weighted by Gasteiger charge is -2.35. The van der Waals surface area contributed by atoms with Gasteiger partial charge in [0, 0.05) is 11.4 Å². The summed E-state index contributed by atoms with van der Waals surface area (Å²) in [6.07, 6.45) is 0.982. The maximum Gasteiger partial charge on any atom is 0.238 e. The number of hydrogen-bond acceptors (Lipinski definition) is 3. The first kappa shape index (κ1) is 17.3. The number of anilines is 1. The van der Waals surface area contributed by atoms with Gasteiger partial charge in [-0.1, -0.05) is 54.1 Å². The van der Waals surface area contributed by atoms with Gasteiger partial charge in [0.15, 0.2) is 0 Å². The summed E-state index contributed by atoms with van der Waals surface area (Å²) in [6, 6.07) is 20.0. The molecule has 0 spiro atoms. The number of thiophene rings is 1. The van der Waals surface area contributed by atoms with Crippen LogP contribution < -0.4 is 5.32 Å². The molecule has 0 saturated heterocycles. The summed E-state index contributed by atoms with van der Waals surface area (Å²) in [4.78, 5) is 16.3. The molecule has 1 aliphatic heterocycles. The van der Waals surface area contributed by atoms with Gasteiger partial charge in [0.2, 0.25) is 5.91 Å². The van der Waals surface area contributed by atoms with Gasteiger partial charge in [-0.15, -0.1) is 11.3 Å². The van der Waals surface area contributed by atoms with Crippen molar-refractivity contribution in [1.29, 1.82) is 0 Å². The smallest absolute Gasteiger partial charge is 0.238 e. The molecule has 4 rings (SSSR count). The SMILES string of the molecule is O=C(CN1CCc2sccc2[C@@H]1c1ccccc1)Nc1ccccc1Cl. The Morgan fingerprint density at radius 2 is 1.88 bits per heavy atom. The molecule has 5 heteroatoms. The molecule has 0 fully saturated rings. The van der Waals surface area contributed by atoms with Gasteiger partial charge >= 0.3 is 0 Å². The van der Waals surface area contributed by atoms with E-state index >= 15 is 0 Å². The maximum absolute atomic E-state index is 12.7. The van der Waals surface area contributed by atoms with Crippen LogP contribution in [0.25, 0.3) is 0 Å². The molecule has 132 valence electrons. The van der Waals surface area contributed by atoms with E-state index in [9.17, 15) is 4.79 Å². The van der Waals surface area contributed by atoms with Crippen LogP contribution in [-0.4, -0.2) is 23.9 Å². The molecular weight excluding hydrogens is 364 g/mol.